The number of hydrogen-bond acceptors (Lipinski definition) is 3. The van der Waals surface area contributed by atoms with Gasteiger partial charge in [-0.1, -0.05) is 0 Å². The average molecular weight is 339 g/mol. The molecule has 25 heavy (non-hydrogen) atoms. The van der Waals surface area contributed by atoms with Gasteiger partial charge in [0.05, 0.1) is 17.9 Å². The van der Waals surface area contributed by atoms with E-state index in [-0.39, 0.29) is 17.8 Å². The van der Waals surface area contributed by atoms with Crippen LogP contribution in [0.1, 0.15) is 34.9 Å². The van der Waals surface area contributed by atoms with Crippen molar-refractivity contribution in [1.82, 2.24) is 24.5 Å². The number of halogens is 1. The van der Waals surface area contributed by atoms with Gasteiger partial charge in [0, 0.05) is 31.5 Å². The highest BCUT2D eigenvalue weighted by atomic mass is 19.1. The summed E-state index contributed by atoms with van der Waals surface area (Å²) in [6.45, 7) is 0.710. The van der Waals surface area contributed by atoms with E-state index in [2.05, 4.69) is 10.2 Å². The maximum atomic E-state index is 13.0. The minimum atomic E-state index is -0.302. The second kappa shape index (κ2) is 6.16. The summed E-state index contributed by atoms with van der Waals surface area (Å²) in [7, 11) is 1.87. The minimum absolute atomic E-state index is 0.0390. The Morgan fingerprint density at radius 1 is 1.24 bits per heavy atom. The fraction of sp³-hybridized carbons (Fsp3) is 0.278. The summed E-state index contributed by atoms with van der Waals surface area (Å²) in [5, 5.41) is 8.58. The third kappa shape index (κ3) is 2.93. The van der Waals surface area contributed by atoms with E-state index in [4.69, 9.17) is 0 Å². The molecule has 0 bridgehead atoms. The maximum Gasteiger partial charge on any atom is 0.274 e. The van der Waals surface area contributed by atoms with Gasteiger partial charge in [-0.05, 0) is 43.2 Å². The van der Waals surface area contributed by atoms with Crippen molar-refractivity contribution < 1.29 is 9.18 Å². The van der Waals surface area contributed by atoms with Crippen LogP contribution in [0.25, 0.3) is 5.69 Å². The topological polar surface area (TPSA) is 56.0 Å². The Bertz CT molecular complexity index is 898. The molecule has 1 aliphatic rings. The van der Waals surface area contributed by atoms with E-state index in [0.717, 1.165) is 18.4 Å². The van der Waals surface area contributed by atoms with Crippen molar-refractivity contribution in [1.29, 1.82) is 0 Å². The molecule has 0 spiro atoms. The van der Waals surface area contributed by atoms with Gasteiger partial charge in [-0.15, -0.1) is 0 Å². The molecule has 1 fully saturated rings. The number of nitrogens with zero attached hydrogens (tertiary/aromatic N) is 5. The van der Waals surface area contributed by atoms with Crippen LogP contribution in [-0.4, -0.2) is 36.9 Å². The van der Waals surface area contributed by atoms with Crippen LogP contribution < -0.4 is 0 Å². The van der Waals surface area contributed by atoms with Crippen molar-refractivity contribution in [2.24, 2.45) is 7.05 Å². The molecule has 3 aromatic rings. The van der Waals surface area contributed by atoms with Gasteiger partial charge >= 0.3 is 0 Å². The van der Waals surface area contributed by atoms with Gasteiger partial charge < -0.3 is 4.90 Å². The third-order valence-corrected chi connectivity index (χ3v) is 4.52. The number of rotatable bonds is 3. The quantitative estimate of drug-likeness (QED) is 0.737. The normalized spacial score (nSPS) is 17.2. The summed E-state index contributed by atoms with van der Waals surface area (Å²) in [5.74, 6) is -0.393. The molecular weight excluding hydrogens is 321 g/mol. The lowest BCUT2D eigenvalue weighted by Crippen LogP contribution is -2.30. The van der Waals surface area contributed by atoms with E-state index >= 15 is 0 Å². The van der Waals surface area contributed by atoms with Crippen molar-refractivity contribution in [2.45, 2.75) is 18.9 Å². The first-order chi connectivity index (χ1) is 12.1. The number of carbonyl (C=O) groups is 1. The van der Waals surface area contributed by atoms with Gasteiger partial charge in [0.1, 0.15) is 5.82 Å². The molecule has 128 valence electrons. The molecule has 1 atom stereocenters. The number of hydrogen-bond donors (Lipinski definition) is 0. The smallest absolute Gasteiger partial charge is 0.274 e. The Morgan fingerprint density at radius 2 is 2.04 bits per heavy atom. The fourth-order valence-corrected chi connectivity index (χ4v) is 3.29. The lowest BCUT2D eigenvalue weighted by molar-refractivity contribution is 0.0729. The first-order valence-corrected chi connectivity index (χ1v) is 8.23. The summed E-state index contributed by atoms with van der Waals surface area (Å²) < 4.78 is 16.4. The average Bonchev–Trinajstić information content (AvgIpc) is 3.35. The molecule has 1 aliphatic heterocycles. The van der Waals surface area contributed by atoms with Crippen LogP contribution in [0, 0.1) is 5.82 Å². The summed E-state index contributed by atoms with van der Waals surface area (Å²) in [6.07, 6.45) is 7.37. The molecule has 1 unspecified atom stereocenters. The lowest BCUT2D eigenvalue weighted by atomic mass is 10.1. The number of carbonyl (C=O) groups excluding carboxylic acids is 1. The second-order valence-corrected chi connectivity index (χ2v) is 6.23. The van der Waals surface area contributed by atoms with E-state index in [1.807, 2.05) is 24.3 Å². The first-order valence-electron chi connectivity index (χ1n) is 8.23. The predicted octanol–water partition coefficient (Wildman–Crippen LogP) is 2.72. The molecule has 0 saturated carbocycles. The van der Waals surface area contributed by atoms with Gasteiger partial charge in [-0.2, -0.15) is 10.2 Å². The molecule has 0 radical (unpaired) electrons. The Morgan fingerprint density at radius 3 is 2.76 bits per heavy atom. The molecule has 4 rings (SSSR count). The maximum absolute atomic E-state index is 13.0. The van der Waals surface area contributed by atoms with Crippen molar-refractivity contribution in [3.63, 3.8) is 0 Å². The van der Waals surface area contributed by atoms with Crippen LogP contribution in [0.2, 0.25) is 0 Å². The molecule has 1 aromatic carbocycles. The Labute approximate surface area is 144 Å². The molecule has 1 amide bonds. The fourth-order valence-electron chi connectivity index (χ4n) is 3.29. The largest absolute Gasteiger partial charge is 0.330 e. The van der Waals surface area contributed by atoms with E-state index in [1.165, 1.54) is 12.1 Å². The van der Waals surface area contributed by atoms with E-state index in [9.17, 15) is 9.18 Å². The van der Waals surface area contributed by atoms with Crippen LogP contribution in [0.4, 0.5) is 4.39 Å². The zero-order valence-corrected chi connectivity index (χ0v) is 13.8. The monoisotopic (exact) mass is 339 g/mol. The molecule has 1 saturated heterocycles. The van der Waals surface area contributed by atoms with E-state index in [0.29, 0.717) is 17.9 Å². The molecule has 2 aromatic heterocycles. The first kappa shape index (κ1) is 15.6. The standard InChI is InChI=1S/C18H18FN5O/c1-22-12-13(11-20-22)17-3-2-9-23(17)18(25)16-8-10-24(21-16)15-6-4-14(19)5-7-15/h4-8,10-12,17H,2-3,9H2,1H3. The Balaban J connectivity index is 1.57. The Hall–Kier alpha value is -2.96. The molecule has 3 heterocycles. The van der Waals surface area contributed by atoms with Crippen LogP contribution in [0.5, 0.6) is 0 Å². The third-order valence-electron chi connectivity index (χ3n) is 4.52. The van der Waals surface area contributed by atoms with Gasteiger partial charge in [0.25, 0.3) is 5.91 Å². The lowest BCUT2D eigenvalue weighted by Gasteiger charge is -2.22. The summed E-state index contributed by atoms with van der Waals surface area (Å²) in [4.78, 5) is 14.8. The van der Waals surface area contributed by atoms with E-state index < -0.39 is 0 Å². The SMILES string of the molecule is Cn1cc(C2CCCN2C(=O)c2ccn(-c3ccc(F)cc3)n2)cn1. The van der Waals surface area contributed by atoms with Gasteiger partial charge in [0.2, 0.25) is 0 Å². The van der Waals surface area contributed by atoms with E-state index in [1.54, 1.807) is 33.8 Å². The predicted molar refractivity (Wildman–Crippen MR) is 89.7 cm³/mol. The number of aryl methyl sites for hydroxylation is 1. The van der Waals surface area contributed by atoms with Crippen LogP contribution in [0.3, 0.4) is 0 Å². The summed E-state index contributed by atoms with van der Waals surface area (Å²) in [5.41, 5.74) is 2.15. The number of aromatic nitrogens is 4. The van der Waals surface area contributed by atoms with Crippen molar-refractivity contribution in [3.8, 4) is 5.69 Å². The molecule has 0 aliphatic carbocycles. The van der Waals surface area contributed by atoms with Crippen molar-refractivity contribution in [2.75, 3.05) is 6.54 Å². The van der Waals surface area contributed by atoms with Crippen molar-refractivity contribution in [3.05, 3.63) is 66.0 Å². The van der Waals surface area contributed by atoms with Crippen LogP contribution >= 0.6 is 0 Å². The molecule has 0 N–H and O–H groups in total. The zero-order valence-electron chi connectivity index (χ0n) is 13.8. The summed E-state index contributed by atoms with van der Waals surface area (Å²) >= 11 is 0. The molecular formula is C18H18FN5O. The molecule has 7 heteroatoms. The highest BCUT2D eigenvalue weighted by Gasteiger charge is 2.32. The molecule has 6 nitrogen and oxygen atoms in total. The number of amides is 1. The highest BCUT2D eigenvalue weighted by Crippen LogP contribution is 2.32. The minimum Gasteiger partial charge on any atom is -0.330 e. The summed E-state index contributed by atoms with van der Waals surface area (Å²) in [6, 6.07) is 7.74. The van der Waals surface area contributed by atoms with Gasteiger partial charge in [-0.3, -0.25) is 9.48 Å². The van der Waals surface area contributed by atoms with Crippen LogP contribution in [0.15, 0.2) is 48.9 Å². The number of likely N-dealkylation sites (tertiary alicyclic amines) is 1. The highest BCUT2D eigenvalue weighted by molar-refractivity contribution is 5.92. The second-order valence-electron chi connectivity index (χ2n) is 6.23. The van der Waals surface area contributed by atoms with Gasteiger partial charge in [0.15, 0.2) is 5.69 Å². The Kier molecular flexibility index (Phi) is 3.83. The zero-order chi connectivity index (χ0) is 17.4. The van der Waals surface area contributed by atoms with Crippen LogP contribution in [-0.2, 0) is 7.05 Å². The van der Waals surface area contributed by atoms with Crippen molar-refractivity contribution >= 4 is 5.91 Å². The number of benzene rings is 1. The van der Waals surface area contributed by atoms with Gasteiger partial charge in [-0.25, -0.2) is 9.07 Å².